The summed E-state index contributed by atoms with van der Waals surface area (Å²) >= 11 is 0. The van der Waals surface area contributed by atoms with E-state index in [4.69, 9.17) is 160 Å². The Hall–Kier alpha value is -13.5. The molecule has 0 aliphatic carbocycles. The van der Waals surface area contributed by atoms with Crippen LogP contribution in [0.4, 0.5) is 0 Å². The third-order valence-corrected chi connectivity index (χ3v) is 20.6. The van der Waals surface area contributed by atoms with Crippen molar-refractivity contribution in [1.29, 1.82) is 0 Å². The molecule has 14 saturated heterocycles. The fraction of sp³-hybridized carbons (Fsp3) is 0.506. The molecule has 0 amide bonds. The molecular formula is C87H100O53. The number of allylic oxidation sites excluding steroid dienone is 4. The van der Waals surface area contributed by atoms with E-state index in [0.717, 1.165) is 91.1 Å². The van der Waals surface area contributed by atoms with E-state index < -0.39 is 248 Å². The van der Waals surface area contributed by atoms with E-state index in [0.29, 0.717) is 49.5 Å². The fourth-order valence-electron chi connectivity index (χ4n) is 14.7. The van der Waals surface area contributed by atoms with Crippen LogP contribution < -0.4 is 0 Å². The van der Waals surface area contributed by atoms with Crippen LogP contribution in [0, 0.1) is 5.92 Å². The molecule has 14 heterocycles. The Bertz CT molecular complexity index is 4120. The van der Waals surface area contributed by atoms with Crippen LogP contribution in [0.2, 0.25) is 0 Å². The van der Waals surface area contributed by atoms with Gasteiger partial charge in [0.2, 0.25) is 0 Å². The number of carboxylic acids is 6. The van der Waals surface area contributed by atoms with Gasteiger partial charge in [-0.05, 0) is 31.2 Å². The van der Waals surface area contributed by atoms with Crippen LogP contribution in [0.5, 0.6) is 0 Å². The number of hydrogen-bond donors (Lipinski definition) is 12. The minimum atomic E-state index is -1.27. The van der Waals surface area contributed by atoms with Gasteiger partial charge < -0.3 is 175 Å². The molecule has 14 aliphatic rings. The van der Waals surface area contributed by atoms with Crippen molar-refractivity contribution in [3.8, 4) is 0 Å². The summed E-state index contributed by atoms with van der Waals surface area (Å²) in [7, 11) is 0. The highest BCUT2D eigenvalue weighted by Crippen LogP contribution is 2.37. The van der Waals surface area contributed by atoms with E-state index in [1.807, 2.05) is 6.92 Å². The maximum absolute atomic E-state index is 11.6. The number of aliphatic hydroxyl groups excluding tert-OH is 6. The average molecular weight is 1990 g/mol. The first-order valence-corrected chi connectivity index (χ1v) is 42.0. The minimum absolute atomic E-state index is 0.0312. The normalized spacial score (nSPS) is 32.4. The van der Waals surface area contributed by atoms with Gasteiger partial charge in [-0.15, -0.1) is 0 Å². The lowest BCUT2D eigenvalue weighted by atomic mass is 10.0. The predicted molar refractivity (Wildman–Crippen MR) is 446 cm³/mol. The zero-order valence-corrected chi connectivity index (χ0v) is 73.8. The first-order chi connectivity index (χ1) is 66.4. The lowest BCUT2D eigenvalue weighted by molar-refractivity contribution is -0.150. The molecule has 140 heavy (non-hydrogen) atoms. The topological polar surface area (TPSA) is 754 Å². The highest BCUT2D eigenvalue weighted by atomic mass is 16.7. The number of carbonyl (C=O) groups excluding carboxylic acids is 11. The Morgan fingerprint density at radius 3 is 0.507 bits per heavy atom. The Morgan fingerprint density at radius 2 is 0.336 bits per heavy atom. The highest BCUT2D eigenvalue weighted by molar-refractivity contribution is 5.96. The Morgan fingerprint density at radius 1 is 0.200 bits per heavy atom. The first-order valence-electron chi connectivity index (χ1n) is 42.0. The molecule has 0 aromatic heterocycles. The van der Waals surface area contributed by atoms with Crippen molar-refractivity contribution in [2.75, 3.05) is 92.5 Å². The van der Waals surface area contributed by atoms with Gasteiger partial charge >= 0.3 is 95.5 Å². The third-order valence-electron chi connectivity index (χ3n) is 20.6. The molecule has 0 unspecified atom stereocenters. The standard InChI is InChI=1S/3C15H16O9.2C11H14O6.2C10H12O7/c3*1-8(16)2-4-12(19)23-9-6-21-15-10(7-22-14(9)15)24-13(20)5-3-11(17)18;1-6-4-15-11-7(5-16-10(6)11)17-9(14)3-2-8(12)13;1-6(12)2-3-9(14)17-8-5-16-10-7(13)4-15-11(8)10;2*11-5-3-15-10-6(4-16-9(5)10)17-8(14)2-1-7(12)13/h2-5,9-10,14-15H,6-7H2,1H3,(H,17,18);2*2-5,9-10,14-16H,1,6-7H2,(H,17,18);2-3,6-7,10-11H,4-5H2,1H3,(H,12,13);2-3,7-8,10-13H,1,4-5H2;2*1-2,5-6,9-11H,3-4H2,(H,12,13)/b4-2+,5-3-;2*4-2-,5-3+;2*3-2-;2*2-1+/t2*9-,10+,14+,15+;9-,10-,14-,15-;6-,7+,10+,11+;7-,8+,10-,11-;5-,6+,9+,10+;5-,6+,9-,10-/m0010101/s1. The molecule has 0 saturated carbocycles. The number of esters is 10. The second-order valence-corrected chi connectivity index (χ2v) is 31.1. The monoisotopic (exact) mass is 1990 g/mol. The summed E-state index contributed by atoms with van der Waals surface area (Å²) in [6.07, 6.45) is 2.38. The lowest BCUT2D eigenvalue weighted by Gasteiger charge is -2.16. The molecule has 14 fully saturated rings. The van der Waals surface area contributed by atoms with Crippen molar-refractivity contribution in [2.24, 2.45) is 5.92 Å². The van der Waals surface area contributed by atoms with Crippen LogP contribution in [0.25, 0.3) is 0 Å². The Balaban J connectivity index is 0.000000201. The van der Waals surface area contributed by atoms with Gasteiger partial charge in [0.05, 0.1) is 98.6 Å². The van der Waals surface area contributed by atoms with Gasteiger partial charge in [-0.25, -0.2) is 76.7 Å². The van der Waals surface area contributed by atoms with Gasteiger partial charge in [-0.3, -0.25) is 4.79 Å². The summed E-state index contributed by atoms with van der Waals surface area (Å²) in [4.78, 5) is 187. The Kier molecular flexibility index (Phi) is 43.7. The van der Waals surface area contributed by atoms with Crippen LogP contribution in [0.15, 0.2) is 159 Å². The number of carbonyl (C=O) groups is 17. The number of carboxylic acid groups (broad SMARTS) is 6. The lowest BCUT2D eigenvalue weighted by Crippen LogP contribution is -2.35. The summed E-state index contributed by atoms with van der Waals surface area (Å²) in [5.41, 5.74) is 0. The van der Waals surface area contributed by atoms with Crippen molar-refractivity contribution in [1.82, 2.24) is 0 Å². The number of hydrogen-bond acceptors (Lipinski definition) is 47. The quantitative estimate of drug-likeness (QED) is 0.0108. The number of fused-ring (bicyclic) bond motifs is 7. The van der Waals surface area contributed by atoms with Crippen molar-refractivity contribution in [3.05, 3.63) is 159 Å². The summed E-state index contributed by atoms with van der Waals surface area (Å²) < 4.78 is 126. The van der Waals surface area contributed by atoms with Gasteiger partial charge in [0, 0.05) is 103 Å². The number of aliphatic hydroxyl groups is 6. The second-order valence-electron chi connectivity index (χ2n) is 31.1. The molecule has 766 valence electrons. The predicted octanol–water partition coefficient (Wildman–Crippen LogP) is -3.80. The molecule has 12 N–H and O–H groups in total. The van der Waals surface area contributed by atoms with E-state index in [-0.39, 0.29) is 115 Å². The summed E-state index contributed by atoms with van der Waals surface area (Å²) in [5, 5.41) is 105. The van der Waals surface area contributed by atoms with Gasteiger partial charge in [-0.2, -0.15) is 0 Å². The van der Waals surface area contributed by atoms with Crippen molar-refractivity contribution in [3.63, 3.8) is 0 Å². The summed E-state index contributed by atoms with van der Waals surface area (Å²) in [6, 6.07) is 0. The fourth-order valence-corrected chi connectivity index (χ4v) is 14.7. The molecule has 53 heteroatoms. The van der Waals surface area contributed by atoms with Gasteiger partial charge in [0.1, 0.15) is 115 Å². The molecule has 0 bridgehead atoms. The van der Waals surface area contributed by atoms with Gasteiger partial charge in [0.15, 0.2) is 66.8 Å². The average Bonchev–Trinajstić information content (AvgIpc) is 1.62. The number of aliphatic carboxylic acids is 6. The largest absolute Gasteiger partial charge is 0.509 e. The molecular weight excluding hydrogens is 1890 g/mol. The van der Waals surface area contributed by atoms with Gasteiger partial charge in [-0.1, -0.05) is 26.7 Å². The van der Waals surface area contributed by atoms with Crippen LogP contribution in [0.1, 0.15) is 13.8 Å². The molecule has 0 aromatic carbocycles. The molecule has 0 radical (unpaired) electrons. The van der Waals surface area contributed by atoms with E-state index in [1.54, 1.807) is 0 Å². The van der Waals surface area contributed by atoms with E-state index in [1.165, 1.54) is 6.92 Å². The number of ketones is 1. The third kappa shape index (κ3) is 35.8. The zero-order valence-electron chi connectivity index (χ0n) is 73.8. The maximum atomic E-state index is 11.6. The minimum Gasteiger partial charge on any atom is -0.509 e. The summed E-state index contributed by atoms with van der Waals surface area (Å²) in [5.74, 6) is -15.7. The SMILES string of the molecule is C=C(O)/C=C\C(=O)O[C@@H]1CO[C@H]2[C@@H]1OC[C@H]2OC(=O)/C=C/C(=O)O.C=C(O)/C=C\C(=O)O[C@H]1CO[C@H]2[C@@H]1OC[C@H]2O.C=C(O)/C=C\C(=O)O[C@H]1CO[C@H]2[C@@H]1OC[C@H]2OC(=O)/C=C/C(=O)O.CC(=O)/C=C/C(=O)O[C@H]1CO[C@H]2[C@@H]1OC[C@H]2OC(=O)/C=C\C(=O)O.C[C@H]1CO[C@H]2[C@@H]1OC[C@H]2OC(=O)/C=C\C(=O)O.O=C(O)/C=C/C(=O)O[C@@H]1CO[C@H]2[C@@H]1OC[C@@H]2O.O=C(O)/C=C/C(=O)O[C@H]1CO[C@H]2[C@@H]1OC[C@H]2O. The molecule has 0 aromatic rings. The molecule has 14 aliphatic heterocycles. The van der Waals surface area contributed by atoms with E-state index in [9.17, 15) is 96.8 Å². The smallest absolute Gasteiger partial charge is 0.331 e. The van der Waals surface area contributed by atoms with Crippen molar-refractivity contribution >= 4 is 101 Å². The molecule has 14 rings (SSSR count). The molecule has 53 nitrogen and oxygen atoms in total. The highest BCUT2D eigenvalue weighted by Gasteiger charge is 2.56. The van der Waals surface area contributed by atoms with Crippen molar-refractivity contribution in [2.45, 2.75) is 179 Å². The zero-order chi connectivity index (χ0) is 103. The summed E-state index contributed by atoms with van der Waals surface area (Å²) in [6.45, 7) is 15.1. The number of rotatable bonds is 30. The van der Waals surface area contributed by atoms with Crippen LogP contribution in [-0.2, 0) is 195 Å². The van der Waals surface area contributed by atoms with Crippen molar-refractivity contribution < 1.29 is 256 Å². The van der Waals surface area contributed by atoms with Crippen LogP contribution >= 0.6 is 0 Å². The number of ether oxygens (including phenoxy) is 24. The first kappa shape index (κ1) is 112. The molecule has 28 atom stereocenters. The van der Waals surface area contributed by atoms with Crippen LogP contribution in [-0.4, -0.2) is 420 Å². The maximum Gasteiger partial charge on any atom is 0.331 e. The van der Waals surface area contributed by atoms with E-state index >= 15 is 0 Å². The van der Waals surface area contributed by atoms with Crippen LogP contribution in [0.3, 0.4) is 0 Å². The second kappa shape index (κ2) is 54.8. The van der Waals surface area contributed by atoms with Gasteiger partial charge in [0.25, 0.3) is 0 Å². The van der Waals surface area contributed by atoms with E-state index in [2.05, 4.69) is 19.7 Å². The molecule has 0 spiro atoms. The Labute approximate surface area is 790 Å².